The Balaban J connectivity index is 0.00000392. The number of phosphoric acid groups is 1. The summed E-state index contributed by atoms with van der Waals surface area (Å²) in [6, 6.07) is 0. The van der Waals surface area contributed by atoms with E-state index in [0.717, 1.165) is 24.7 Å². The zero-order chi connectivity index (χ0) is 19.5. The predicted octanol–water partition coefficient (Wildman–Crippen LogP) is 1.75. The Bertz CT molecular complexity index is 489. The summed E-state index contributed by atoms with van der Waals surface area (Å²) in [5.74, 6) is 1.71. The Kier molecular flexibility index (Phi) is 13.8. The third-order valence-corrected chi connectivity index (χ3v) is 6.60. The van der Waals surface area contributed by atoms with Crippen molar-refractivity contribution in [2.75, 3.05) is 13.2 Å². The molecule has 8 heteroatoms. The molecule has 2 fully saturated rings. The van der Waals surface area contributed by atoms with E-state index in [0.29, 0.717) is 6.42 Å². The van der Waals surface area contributed by atoms with Gasteiger partial charge in [-0.1, -0.05) is 71.1 Å². The van der Waals surface area contributed by atoms with Gasteiger partial charge >= 0.3 is 35.5 Å². The van der Waals surface area contributed by atoms with E-state index >= 15 is 0 Å². The fourth-order valence-corrected chi connectivity index (χ4v) is 4.71. The zero-order valence-electron chi connectivity index (χ0n) is 17.7. The second-order valence-corrected chi connectivity index (χ2v) is 9.43. The van der Waals surface area contributed by atoms with Crippen LogP contribution in [-0.4, -0.2) is 25.3 Å². The van der Waals surface area contributed by atoms with Crippen molar-refractivity contribution in [1.29, 1.82) is 0 Å². The summed E-state index contributed by atoms with van der Waals surface area (Å²) in [6.45, 7) is 2.12. The van der Waals surface area contributed by atoms with Crippen molar-refractivity contribution in [2.45, 2.75) is 96.5 Å². The molecule has 0 aromatic carbocycles. The van der Waals surface area contributed by atoms with Gasteiger partial charge in [0.15, 0.2) is 0 Å². The van der Waals surface area contributed by atoms with Gasteiger partial charge in [-0.25, -0.2) is 0 Å². The molecule has 158 valence electrons. The average molecular weight is 426 g/mol. The molecular formula is C20H36NaO6P. The van der Waals surface area contributed by atoms with Crippen molar-refractivity contribution in [3.05, 3.63) is 0 Å². The molecule has 4 atom stereocenters. The molecule has 0 N–H and O–H groups in total. The van der Waals surface area contributed by atoms with E-state index in [4.69, 9.17) is 4.74 Å². The maximum atomic E-state index is 11.6. The van der Waals surface area contributed by atoms with Crippen LogP contribution in [0.25, 0.3) is 0 Å². The van der Waals surface area contributed by atoms with Crippen LogP contribution in [0.1, 0.15) is 90.4 Å². The van der Waals surface area contributed by atoms with E-state index in [1.54, 1.807) is 0 Å². The van der Waals surface area contributed by atoms with Crippen LogP contribution in [0.3, 0.4) is 0 Å². The molecule has 28 heavy (non-hydrogen) atoms. The van der Waals surface area contributed by atoms with E-state index in [2.05, 4.69) is 16.0 Å². The van der Waals surface area contributed by atoms with Gasteiger partial charge in [0.25, 0.3) is 7.82 Å². The molecule has 6 nitrogen and oxygen atoms in total. The van der Waals surface area contributed by atoms with Gasteiger partial charge in [0.05, 0.1) is 6.61 Å². The van der Waals surface area contributed by atoms with Gasteiger partial charge in [-0.3, -0.25) is 9.36 Å². The topological polar surface area (TPSA) is 84.9 Å². The van der Waals surface area contributed by atoms with E-state index in [1.807, 2.05) is 0 Å². The third-order valence-electron chi connectivity index (χ3n) is 5.58. The molecule has 1 aliphatic carbocycles. The number of phosphoric ester groups is 1. The molecule has 2 rings (SSSR count). The van der Waals surface area contributed by atoms with E-state index < -0.39 is 13.9 Å². The van der Waals surface area contributed by atoms with E-state index in [9.17, 15) is 14.3 Å². The van der Waals surface area contributed by atoms with Crippen LogP contribution in [0.4, 0.5) is 0 Å². The standard InChI is InChI=1S/C20H37O6P.Na/c1-2-3-4-8-11-17-14-18(17)12-9-6-5-7-10-13-20(21)24-15-19-16-25-27(22,23)26-19;/h17-19H,2-16H2,1H3,(H,22,23);/q;+1/p-1/t17-,18+,19+;/m1./s1. The first kappa shape index (κ1) is 26.6. The fraction of sp³-hybridized carbons (Fsp3) is 0.950. The van der Waals surface area contributed by atoms with Crippen molar-refractivity contribution in [3.8, 4) is 0 Å². The second kappa shape index (κ2) is 14.6. The first-order valence-corrected chi connectivity index (χ1v) is 12.3. The van der Waals surface area contributed by atoms with Crippen LogP contribution in [0.2, 0.25) is 0 Å². The van der Waals surface area contributed by atoms with E-state index in [1.165, 1.54) is 64.2 Å². The number of hydrogen-bond acceptors (Lipinski definition) is 6. The normalized spacial score (nSPS) is 28.7. The fourth-order valence-electron chi connectivity index (χ4n) is 3.81. The summed E-state index contributed by atoms with van der Waals surface area (Å²) in [4.78, 5) is 22.6. The van der Waals surface area contributed by atoms with Gasteiger partial charge in [-0.15, -0.1) is 0 Å². The number of hydrogen-bond donors (Lipinski definition) is 0. The Labute approximate surface area is 192 Å². The smallest absolute Gasteiger partial charge is 0.756 e. The molecular weight excluding hydrogens is 390 g/mol. The van der Waals surface area contributed by atoms with Gasteiger partial charge in [0, 0.05) is 6.42 Å². The van der Waals surface area contributed by atoms with Gasteiger partial charge in [0.2, 0.25) is 0 Å². The summed E-state index contributed by atoms with van der Waals surface area (Å²) >= 11 is 0. The minimum absolute atomic E-state index is 0. The van der Waals surface area contributed by atoms with Gasteiger partial charge in [-0.05, 0) is 24.7 Å². The van der Waals surface area contributed by atoms with Gasteiger partial charge < -0.3 is 18.7 Å². The number of unbranched alkanes of at least 4 members (excludes halogenated alkanes) is 7. The molecule has 1 heterocycles. The summed E-state index contributed by atoms with van der Waals surface area (Å²) in [7, 11) is -4.15. The quantitative estimate of drug-likeness (QED) is 0.172. The van der Waals surface area contributed by atoms with Crippen molar-refractivity contribution in [2.24, 2.45) is 11.8 Å². The average Bonchev–Trinajstić information content (AvgIpc) is 3.28. The van der Waals surface area contributed by atoms with Crippen molar-refractivity contribution >= 4 is 13.8 Å². The maximum Gasteiger partial charge on any atom is 1.00 e. The molecule has 1 unspecified atom stereocenters. The zero-order valence-corrected chi connectivity index (χ0v) is 20.6. The van der Waals surface area contributed by atoms with Crippen molar-refractivity contribution < 1.29 is 57.6 Å². The number of esters is 1. The molecule has 0 radical (unpaired) electrons. The van der Waals surface area contributed by atoms with E-state index in [-0.39, 0.29) is 48.7 Å². The monoisotopic (exact) mass is 426 g/mol. The van der Waals surface area contributed by atoms with Crippen molar-refractivity contribution in [1.82, 2.24) is 0 Å². The molecule has 1 saturated carbocycles. The second-order valence-electron chi connectivity index (χ2n) is 8.07. The number of carbonyl (C=O) groups is 1. The minimum atomic E-state index is -4.15. The van der Waals surface area contributed by atoms with Crippen LogP contribution in [0, 0.1) is 11.8 Å². The number of ether oxygens (including phenoxy) is 1. The molecule has 0 aromatic heterocycles. The van der Waals surface area contributed by atoms with Gasteiger partial charge in [-0.2, -0.15) is 0 Å². The van der Waals surface area contributed by atoms with Crippen molar-refractivity contribution in [3.63, 3.8) is 0 Å². The number of rotatable bonds is 15. The summed E-state index contributed by atoms with van der Waals surface area (Å²) in [5.41, 5.74) is 0. The van der Waals surface area contributed by atoms with Crippen LogP contribution >= 0.6 is 7.82 Å². The summed E-state index contributed by atoms with van der Waals surface area (Å²) < 4.78 is 25.1. The SMILES string of the molecule is CCCCCC[C@@H]1C[C@@H]1CCCCCCCC(=O)OC[C@H]1COP(=O)([O-])O1.[Na+]. The first-order valence-electron chi connectivity index (χ1n) is 10.8. The maximum absolute atomic E-state index is 11.6. The third kappa shape index (κ3) is 11.7. The molecule has 0 spiro atoms. The largest absolute Gasteiger partial charge is 1.00 e. The molecule has 0 bridgehead atoms. The Morgan fingerprint density at radius 2 is 1.64 bits per heavy atom. The molecule has 1 aliphatic heterocycles. The Morgan fingerprint density at radius 3 is 2.25 bits per heavy atom. The Hall–Kier alpha value is 0.580. The van der Waals surface area contributed by atoms with Crippen LogP contribution < -0.4 is 34.5 Å². The van der Waals surface area contributed by atoms with Gasteiger partial charge in [0.1, 0.15) is 12.7 Å². The molecule has 0 aromatic rings. The van der Waals surface area contributed by atoms with Crippen LogP contribution in [0.5, 0.6) is 0 Å². The Morgan fingerprint density at radius 1 is 1.04 bits per heavy atom. The minimum Gasteiger partial charge on any atom is -0.756 e. The van der Waals surface area contributed by atoms with Crippen LogP contribution in [-0.2, 0) is 23.1 Å². The molecule has 2 aliphatic rings. The number of carbonyl (C=O) groups excluding carboxylic acids is 1. The molecule has 1 saturated heterocycles. The first-order chi connectivity index (χ1) is 13.0. The summed E-state index contributed by atoms with van der Waals surface area (Å²) in [5, 5.41) is 0. The van der Waals surface area contributed by atoms with Crippen LogP contribution in [0.15, 0.2) is 0 Å². The molecule has 0 amide bonds. The predicted molar refractivity (Wildman–Crippen MR) is 102 cm³/mol. The summed E-state index contributed by atoms with van der Waals surface area (Å²) in [6.07, 6.45) is 15.1.